The molecule has 0 aliphatic heterocycles. The first kappa shape index (κ1) is 12.8. The third kappa shape index (κ3) is 2.12. The fourth-order valence-electron chi connectivity index (χ4n) is 3.23. The Kier molecular flexibility index (Phi) is 2.96. The van der Waals surface area contributed by atoms with Gasteiger partial charge in [0, 0.05) is 32.6 Å². The van der Waals surface area contributed by atoms with E-state index in [2.05, 4.69) is 35.3 Å². The van der Waals surface area contributed by atoms with Crippen molar-refractivity contribution in [1.29, 1.82) is 0 Å². The Morgan fingerprint density at radius 3 is 3.00 bits per heavy atom. The number of thiophene rings is 1. The standard InChI is InChI=1S/C18H17NOS/c1-11(20)6-7-12-10-15-17(21-12)9-8-14-13-4-2-3-5-16(13)19-18(14)15/h2-5,10,19H,6-9H2,1H3. The average Bonchev–Trinajstić information content (AvgIpc) is 3.05. The summed E-state index contributed by atoms with van der Waals surface area (Å²) in [5.74, 6) is 0.271. The maximum Gasteiger partial charge on any atom is 0.130 e. The third-order valence-electron chi connectivity index (χ3n) is 4.27. The monoisotopic (exact) mass is 295 g/mol. The van der Waals surface area contributed by atoms with E-state index < -0.39 is 0 Å². The van der Waals surface area contributed by atoms with E-state index in [-0.39, 0.29) is 5.78 Å². The Balaban J connectivity index is 1.79. The minimum absolute atomic E-state index is 0.271. The van der Waals surface area contributed by atoms with Crippen molar-refractivity contribution in [3.05, 3.63) is 45.6 Å². The van der Waals surface area contributed by atoms with E-state index in [1.807, 2.05) is 11.3 Å². The van der Waals surface area contributed by atoms with Gasteiger partial charge >= 0.3 is 0 Å². The minimum atomic E-state index is 0.271. The van der Waals surface area contributed by atoms with Crippen LogP contribution < -0.4 is 0 Å². The minimum Gasteiger partial charge on any atom is -0.354 e. The van der Waals surface area contributed by atoms with Gasteiger partial charge in [-0.2, -0.15) is 0 Å². The summed E-state index contributed by atoms with van der Waals surface area (Å²) < 4.78 is 0. The number of benzene rings is 1. The summed E-state index contributed by atoms with van der Waals surface area (Å²) in [6.07, 6.45) is 3.76. The summed E-state index contributed by atoms with van der Waals surface area (Å²) in [6.45, 7) is 1.67. The number of para-hydroxylation sites is 1. The van der Waals surface area contributed by atoms with Gasteiger partial charge in [-0.25, -0.2) is 0 Å². The second-order valence-electron chi connectivity index (χ2n) is 5.78. The van der Waals surface area contributed by atoms with E-state index >= 15 is 0 Å². The normalized spacial score (nSPS) is 13.2. The predicted molar refractivity (Wildman–Crippen MR) is 88.0 cm³/mol. The average molecular weight is 295 g/mol. The van der Waals surface area contributed by atoms with Crippen LogP contribution in [0.25, 0.3) is 22.2 Å². The molecule has 3 heteroatoms. The molecule has 2 aromatic heterocycles. The summed E-state index contributed by atoms with van der Waals surface area (Å²) in [5, 5.41) is 1.36. The molecule has 1 N–H and O–H groups in total. The maximum atomic E-state index is 11.2. The highest BCUT2D eigenvalue weighted by molar-refractivity contribution is 7.12. The zero-order valence-electron chi connectivity index (χ0n) is 12.0. The van der Waals surface area contributed by atoms with Crippen molar-refractivity contribution in [2.24, 2.45) is 0 Å². The molecule has 0 radical (unpaired) electrons. The number of aromatic amines is 1. The molecular formula is C18H17NOS. The number of hydrogen-bond acceptors (Lipinski definition) is 2. The molecule has 0 saturated carbocycles. The molecule has 0 saturated heterocycles. The van der Waals surface area contributed by atoms with Crippen molar-refractivity contribution in [2.45, 2.75) is 32.6 Å². The molecule has 1 aromatic carbocycles. The molecule has 0 bridgehead atoms. The van der Waals surface area contributed by atoms with Crippen molar-refractivity contribution in [3.8, 4) is 11.3 Å². The fourth-order valence-corrected chi connectivity index (χ4v) is 4.40. The lowest BCUT2D eigenvalue weighted by atomic mass is 9.94. The number of Topliss-reactive ketones (excluding diaryl/α,β-unsaturated/α-hetero) is 1. The summed E-state index contributed by atoms with van der Waals surface area (Å²) in [4.78, 5) is 17.6. The second kappa shape index (κ2) is 4.85. The summed E-state index contributed by atoms with van der Waals surface area (Å²) in [7, 11) is 0. The molecule has 0 atom stereocenters. The molecule has 4 rings (SSSR count). The second-order valence-corrected chi connectivity index (χ2v) is 7.00. The van der Waals surface area contributed by atoms with Crippen molar-refractivity contribution in [3.63, 3.8) is 0 Å². The van der Waals surface area contributed by atoms with Gasteiger partial charge in [-0.15, -0.1) is 11.3 Å². The largest absolute Gasteiger partial charge is 0.354 e. The van der Waals surface area contributed by atoms with Gasteiger partial charge in [0.05, 0.1) is 5.69 Å². The molecule has 0 spiro atoms. The van der Waals surface area contributed by atoms with Gasteiger partial charge in [-0.1, -0.05) is 18.2 Å². The Hall–Kier alpha value is -1.87. The Morgan fingerprint density at radius 2 is 2.14 bits per heavy atom. The van der Waals surface area contributed by atoms with Crippen LogP contribution in [0.1, 0.15) is 28.7 Å². The number of H-pyrrole nitrogens is 1. The van der Waals surface area contributed by atoms with Gasteiger partial charge in [0.1, 0.15) is 5.78 Å². The summed E-state index contributed by atoms with van der Waals surface area (Å²) >= 11 is 1.88. The molecule has 2 heterocycles. The van der Waals surface area contributed by atoms with Crippen LogP contribution in [0.5, 0.6) is 0 Å². The quantitative estimate of drug-likeness (QED) is 0.757. The maximum absolute atomic E-state index is 11.2. The Labute approximate surface area is 127 Å². The molecular weight excluding hydrogens is 278 g/mol. The molecule has 21 heavy (non-hydrogen) atoms. The number of rotatable bonds is 3. The predicted octanol–water partition coefficient (Wildman–Crippen LogP) is 4.52. The number of hydrogen-bond donors (Lipinski definition) is 1. The van der Waals surface area contributed by atoms with E-state index in [1.54, 1.807) is 6.92 Å². The number of aromatic nitrogens is 1. The van der Waals surface area contributed by atoms with Crippen LogP contribution in [0.2, 0.25) is 0 Å². The lowest BCUT2D eigenvalue weighted by Gasteiger charge is -2.11. The summed E-state index contributed by atoms with van der Waals surface area (Å²) in [6, 6.07) is 10.8. The molecule has 3 aromatic rings. The number of fused-ring (bicyclic) bond motifs is 5. The first-order valence-electron chi connectivity index (χ1n) is 7.43. The molecule has 2 nitrogen and oxygen atoms in total. The summed E-state index contributed by atoms with van der Waals surface area (Å²) in [5.41, 5.74) is 5.33. The molecule has 1 aliphatic carbocycles. The smallest absolute Gasteiger partial charge is 0.130 e. The van der Waals surface area contributed by atoms with Crippen molar-refractivity contribution >= 4 is 28.0 Å². The zero-order chi connectivity index (χ0) is 14.4. The van der Waals surface area contributed by atoms with Gasteiger partial charge in [0.2, 0.25) is 0 Å². The van der Waals surface area contributed by atoms with Crippen molar-refractivity contribution in [1.82, 2.24) is 4.98 Å². The lowest BCUT2D eigenvalue weighted by molar-refractivity contribution is -0.116. The first-order chi connectivity index (χ1) is 10.2. The van der Waals surface area contributed by atoms with Crippen LogP contribution in [-0.2, 0) is 24.1 Å². The van der Waals surface area contributed by atoms with Crippen LogP contribution in [0, 0.1) is 0 Å². The van der Waals surface area contributed by atoms with Gasteiger partial charge in [0.25, 0.3) is 0 Å². The zero-order valence-corrected chi connectivity index (χ0v) is 12.8. The third-order valence-corrected chi connectivity index (χ3v) is 5.52. The molecule has 106 valence electrons. The van der Waals surface area contributed by atoms with E-state index in [4.69, 9.17) is 0 Å². The lowest BCUT2D eigenvalue weighted by Crippen LogP contribution is -1.98. The molecule has 1 aliphatic rings. The van der Waals surface area contributed by atoms with Crippen molar-refractivity contribution in [2.75, 3.05) is 0 Å². The topological polar surface area (TPSA) is 32.9 Å². The highest BCUT2D eigenvalue weighted by Gasteiger charge is 2.22. The number of carbonyl (C=O) groups excluding carboxylic acids is 1. The van der Waals surface area contributed by atoms with Crippen LogP contribution in [0.4, 0.5) is 0 Å². The highest BCUT2D eigenvalue weighted by atomic mass is 32.1. The number of aryl methyl sites for hydroxylation is 3. The Morgan fingerprint density at radius 1 is 1.29 bits per heavy atom. The fraction of sp³-hybridized carbons (Fsp3) is 0.278. The number of ketones is 1. The van der Waals surface area contributed by atoms with E-state index in [9.17, 15) is 4.79 Å². The molecule has 0 unspecified atom stereocenters. The van der Waals surface area contributed by atoms with Crippen molar-refractivity contribution < 1.29 is 4.79 Å². The SMILES string of the molecule is CC(=O)CCc1cc2c(s1)CCc1c-2[nH]c2ccccc12. The van der Waals surface area contributed by atoms with Crippen LogP contribution in [0.15, 0.2) is 30.3 Å². The molecule has 0 fully saturated rings. The van der Waals surface area contributed by atoms with E-state index in [0.717, 1.165) is 19.3 Å². The van der Waals surface area contributed by atoms with Gasteiger partial charge in [-0.05, 0) is 43.9 Å². The first-order valence-corrected chi connectivity index (χ1v) is 8.25. The van der Waals surface area contributed by atoms with Gasteiger partial charge in [0.15, 0.2) is 0 Å². The number of nitrogens with one attached hydrogen (secondary N) is 1. The number of carbonyl (C=O) groups is 1. The Bertz CT molecular complexity index is 840. The van der Waals surface area contributed by atoms with Crippen LogP contribution in [0.3, 0.4) is 0 Å². The van der Waals surface area contributed by atoms with Gasteiger partial charge in [-0.3, -0.25) is 0 Å². The highest BCUT2D eigenvalue weighted by Crippen LogP contribution is 2.41. The van der Waals surface area contributed by atoms with E-state index in [1.165, 1.54) is 37.5 Å². The van der Waals surface area contributed by atoms with Crippen LogP contribution in [-0.4, -0.2) is 10.8 Å². The molecule has 0 amide bonds. The van der Waals surface area contributed by atoms with Gasteiger partial charge < -0.3 is 9.78 Å². The van der Waals surface area contributed by atoms with E-state index in [0.29, 0.717) is 6.42 Å². The van der Waals surface area contributed by atoms with Crippen LogP contribution >= 0.6 is 11.3 Å².